The molecule has 0 aromatic rings. The van der Waals surface area contributed by atoms with E-state index in [1.54, 1.807) is 0 Å². The number of nitrogens with one attached hydrogen (secondary N) is 1. The van der Waals surface area contributed by atoms with E-state index < -0.39 is 0 Å². The van der Waals surface area contributed by atoms with Gasteiger partial charge in [0.25, 0.3) is 0 Å². The second-order valence-electron chi connectivity index (χ2n) is 5.40. The van der Waals surface area contributed by atoms with Crippen LogP contribution in [-0.2, 0) is 0 Å². The molecule has 2 nitrogen and oxygen atoms in total. The fourth-order valence-electron chi connectivity index (χ4n) is 3.61. The van der Waals surface area contributed by atoms with E-state index >= 15 is 0 Å². The first-order valence-corrected chi connectivity index (χ1v) is 6.40. The van der Waals surface area contributed by atoms with E-state index in [9.17, 15) is 0 Å². The highest BCUT2D eigenvalue weighted by atomic mass is 15.1. The van der Waals surface area contributed by atoms with E-state index in [0.717, 1.165) is 18.0 Å². The molecule has 3 aliphatic rings. The van der Waals surface area contributed by atoms with E-state index in [4.69, 9.17) is 0 Å². The summed E-state index contributed by atoms with van der Waals surface area (Å²) in [5.74, 6) is 0.979. The van der Waals surface area contributed by atoms with Gasteiger partial charge in [-0.3, -0.25) is 0 Å². The van der Waals surface area contributed by atoms with Gasteiger partial charge in [-0.25, -0.2) is 0 Å². The molecule has 0 spiro atoms. The lowest BCUT2D eigenvalue weighted by atomic mass is 9.88. The Morgan fingerprint density at radius 1 is 1.07 bits per heavy atom. The van der Waals surface area contributed by atoms with Gasteiger partial charge in [0, 0.05) is 18.6 Å². The van der Waals surface area contributed by atoms with Crippen molar-refractivity contribution in [2.45, 2.75) is 50.6 Å². The zero-order valence-electron chi connectivity index (χ0n) is 9.04. The summed E-state index contributed by atoms with van der Waals surface area (Å²) in [6.45, 7) is 4.12. The normalized spacial score (nSPS) is 43.3. The predicted molar refractivity (Wildman–Crippen MR) is 58.3 cm³/mol. The van der Waals surface area contributed by atoms with Crippen molar-refractivity contribution in [1.29, 1.82) is 0 Å². The van der Waals surface area contributed by atoms with E-state index in [0.29, 0.717) is 0 Å². The van der Waals surface area contributed by atoms with Crippen molar-refractivity contribution in [2.75, 3.05) is 19.6 Å². The van der Waals surface area contributed by atoms with E-state index in [1.165, 1.54) is 58.2 Å². The molecule has 2 bridgehead atoms. The second kappa shape index (κ2) is 3.82. The minimum atomic E-state index is 0.877. The summed E-state index contributed by atoms with van der Waals surface area (Å²) in [6.07, 6.45) is 8.69. The highest BCUT2D eigenvalue weighted by Crippen LogP contribution is 2.33. The Kier molecular flexibility index (Phi) is 2.50. The molecule has 3 unspecified atom stereocenters. The number of piperidine rings is 1. The molecule has 0 amide bonds. The summed E-state index contributed by atoms with van der Waals surface area (Å²) >= 11 is 0. The van der Waals surface area contributed by atoms with E-state index in [-0.39, 0.29) is 0 Å². The van der Waals surface area contributed by atoms with Crippen LogP contribution in [0.1, 0.15) is 38.5 Å². The van der Waals surface area contributed by atoms with Gasteiger partial charge in [-0.15, -0.1) is 0 Å². The van der Waals surface area contributed by atoms with Crippen molar-refractivity contribution in [3.8, 4) is 0 Å². The van der Waals surface area contributed by atoms with Crippen molar-refractivity contribution in [1.82, 2.24) is 10.2 Å². The zero-order valence-corrected chi connectivity index (χ0v) is 9.04. The third-order valence-corrected chi connectivity index (χ3v) is 4.37. The van der Waals surface area contributed by atoms with Gasteiger partial charge in [0.1, 0.15) is 0 Å². The number of hydrogen-bond donors (Lipinski definition) is 1. The van der Waals surface area contributed by atoms with Crippen LogP contribution in [-0.4, -0.2) is 36.6 Å². The Morgan fingerprint density at radius 2 is 1.93 bits per heavy atom. The molecule has 3 saturated heterocycles. The molecule has 3 rings (SSSR count). The lowest BCUT2D eigenvalue weighted by Crippen LogP contribution is -2.38. The monoisotopic (exact) mass is 194 g/mol. The van der Waals surface area contributed by atoms with Crippen LogP contribution < -0.4 is 5.32 Å². The van der Waals surface area contributed by atoms with E-state index in [2.05, 4.69) is 10.2 Å². The molecule has 0 aliphatic carbocycles. The van der Waals surface area contributed by atoms with Crippen LogP contribution in [0.2, 0.25) is 0 Å². The van der Waals surface area contributed by atoms with Crippen LogP contribution in [0.4, 0.5) is 0 Å². The fraction of sp³-hybridized carbons (Fsp3) is 1.00. The SMILES string of the molecule is C1CCN(CC2CC3CCC2N3)CC1. The fourth-order valence-corrected chi connectivity index (χ4v) is 3.61. The average molecular weight is 194 g/mol. The molecule has 3 heterocycles. The molecule has 0 radical (unpaired) electrons. The number of nitrogens with zero attached hydrogens (tertiary/aromatic N) is 1. The summed E-state index contributed by atoms with van der Waals surface area (Å²) in [4.78, 5) is 2.70. The number of rotatable bonds is 2. The Hall–Kier alpha value is -0.0800. The Balaban J connectivity index is 1.52. The quantitative estimate of drug-likeness (QED) is 0.718. The van der Waals surface area contributed by atoms with Crippen molar-refractivity contribution in [3.05, 3.63) is 0 Å². The predicted octanol–water partition coefficient (Wildman–Crippen LogP) is 1.61. The molecular weight excluding hydrogens is 172 g/mol. The van der Waals surface area contributed by atoms with E-state index in [1.807, 2.05) is 0 Å². The molecule has 3 fully saturated rings. The molecule has 0 aromatic carbocycles. The maximum atomic E-state index is 3.74. The maximum Gasteiger partial charge on any atom is 0.0111 e. The van der Waals surface area contributed by atoms with Crippen molar-refractivity contribution < 1.29 is 0 Å². The lowest BCUT2D eigenvalue weighted by molar-refractivity contribution is 0.181. The third kappa shape index (κ3) is 1.70. The largest absolute Gasteiger partial charge is 0.311 e. The zero-order chi connectivity index (χ0) is 9.38. The van der Waals surface area contributed by atoms with Crippen LogP contribution >= 0.6 is 0 Å². The minimum Gasteiger partial charge on any atom is -0.311 e. The molecule has 3 aliphatic heterocycles. The van der Waals surface area contributed by atoms with Gasteiger partial charge in [0.05, 0.1) is 0 Å². The summed E-state index contributed by atoms with van der Waals surface area (Å²) in [5.41, 5.74) is 0. The van der Waals surface area contributed by atoms with Gasteiger partial charge in [-0.2, -0.15) is 0 Å². The van der Waals surface area contributed by atoms with Crippen molar-refractivity contribution >= 4 is 0 Å². The summed E-state index contributed by atoms with van der Waals surface area (Å²) in [6, 6.07) is 1.76. The molecule has 3 atom stereocenters. The van der Waals surface area contributed by atoms with Crippen molar-refractivity contribution in [2.24, 2.45) is 5.92 Å². The van der Waals surface area contributed by atoms with Gasteiger partial charge >= 0.3 is 0 Å². The summed E-state index contributed by atoms with van der Waals surface area (Å²) in [5, 5.41) is 3.74. The van der Waals surface area contributed by atoms with Gasteiger partial charge < -0.3 is 10.2 Å². The molecule has 0 saturated carbocycles. The highest BCUT2D eigenvalue weighted by Gasteiger charge is 2.39. The molecule has 14 heavy (non-hydrogen) atoms. The van der Waals surface area contributed by atoms with Crippen molar-refractivity contribution in [3.63, 3.8) is 0 Å². The van der Waals surface area contributed by atoms with Crippen LogP contribution in [0.25, 0.3) is 0 Å². The third-order valence-electron chi connectivity index (χ3n) is 4.37. The second-order valence-corrected chi connectivity index (χ2v) is 5.40. The average Bonchev–Trinajstić information content (AvgIpc) is 2.81. The highest BCUT2D eigenvalue weighted by molar-refractivity contribution is 4.98. The molecule has 0 aromatic heterocycles. The van der Waals surface area contributed by atoms with Crippen LogP contribution in [0.5, 0.6) is 0 Å². The van der Waals surface area contributed by atoms with Crippen LogP contribution in [0.15, 0.2) is 0 Å². The smallest absolute Gasteiger partial charge is 0.0111 e. The summed E-state index contributed by atoms with van der Waals surface area (Å²) < 4.78 is 0. The summed E-state index contributed by atoms with van der Waals surface area (Å²) in [7, 11) is 0. The lowest BCUT2D eigenvalue weighted by Gasteiger charge is -2.31. The standard InChI is InChI=1S/C12H22N2/c1-2-6-14(7-3-1)9-10-8-11-4-5-12(10)13-11/h10-13H,1-9H2. The Bertz CT molecular complexity index is 198. The van der Waals surface area contributed by atoms with Gasteiger partial charge in [-0.05, 0) is 51.1 Å². The van der Waals surface area contributed by atoms with Gasteiger partial charge in [0.15, 0.2) is 0 Å². The maximum absolute atomic E-state index is 3.74. The molecule has 80 valence electrons. The molecular formula is C12H22N2. The first-order valence-electron chi connectivity index (χ1n) is 6.40. The topological polar surface area (TPSA) is 15.3 Å². The molecule has 1 N–H and O–H groups in total. The first kappa shape index (κ1) is 9.17. The number of fused-ring (bicyclic) bond motifs is 2. The van der Waals surface area contributed by atoms with Crippen LogP contribution in [0.3, 0.4) is 0 Å². The Morgan fingerprint density at radius 3 is 2.57 bits per heavy atom. The Labute approximate surface area is 87.0 Å². The number of likely N-dealkylation sites (tertiary alicyclic amines) is 1. The van der Waals surface area contributed by atoms with Gasteiger partial charge in [-0.1, -0.05) is 6.42 Å². The minimum absolute atomic E-state index is 0.877. The first-order chi connectivity index (χ1) is 6.92. The molecule has 2 heteroatoms. The van der Waals surface area contributed by atoms with Gasteiger partial charge in [0.2, 0.25) is 0 Å². The number of hydrogen-bond acceptors (Lipinski definition) is 2. The van der Waals surface area contributed by atoms with Crippen LogP contribution in [0, 0.1) is 5.92 Å².